The van der Waals surface area contributed by atoms with Crippen LogP contribution < -0.4 is 5.73 Å². The second kappa shape index (κ2) is 4.98. The van der Waals surface area contributed by atoms with Gasteiger partial charge in [-0.05, 0) is 29.0 Å². The predicted molar refractivity (Wildman–Crippen MR) is 75.9 cm³/mol. The summed E-state index contributed by atoms with van der Waals surface area (Å²) >= 11 is 0. The smallest absolute Gasteiger partial charge is 0.154 e. The molecule has 0 spiro atoms. The van der Waals surface area contributed by atoms with Crippen LogP contribution in [0.4, 0.5) is 0 Å². The van der Waals surface area contributed by atoms with Crippen molar-refractivity contribution in [3.63, 3.8) is 0 Å². The molecule has 0 bridgehead atoms. The van der Waals surface area contributed by atoms with Gasteiger partial charge in [0.2, 0.25) is 0 Å². The molecule has 2 atom stereocenters. The Morgan fingerprint density at radius 3 is 2.53 bits per heavy atom. The summed E-state index contributed by atoms with van der Waals surface area (Å²) in [5.41, 5.74) is 9.62. The summed E-state index contributed by atoms with van der Waals surface area (Å²) in [4.78, 5) is 12.2. The highest BCUT2D eigenvalue weighted by atomic mass is 16.1. The maximum Gasteiger partial charge on any atom is 0.154 e. The monoisotopic (exact) mass is 251 g/mol. The fraction of sp³-hybridized carbons (Fsp3) is 0.235. The van der Waals surface area contributed by atoms with E-state index in [4.69, 9.17) is 5.73 Å². The Bertz CT molecular complexity index is 591. The Labute approximate surface area is 113 Å². The van der Waals surface area contributed by atoms with Gasteiger partial charge in [-0.1, -0.05) is 54.6 Å². The summed E-state index contributed by atoms with van der Waals surface area (Å²) in [5.74, 6) is 0.490. The quantitative estimate of drug-likeness (QED) is 0.907. The number of carbonyl (C=O) groups is 1. The van der Waals surface area contributed by atoms with Crippen LogP contribution in [0.3, 0.4) is 0 Å². The van der Waals surface area contributed by atoms with Crippen molar-refractivity contribution in [3.05, 3.63) is 71.3 Å². The van der Waals surface area contributed by atoms with Crippen molar-refractivity contribution in [1.29, 1.82) is 0 Å². The van der Waals surface area contributed by atoms with Crippen LogP contribution in [-0.4, -0.2) is 5.78 Å². The molecule has 2 heteroatoms. The van der Waals surface area contributed by atoms with Crippen molar-refractivity contribution >= 4 is 5.78 Å². The molecule has 0 amide bonds. The van der Waals surface area contributed by atoms with Crippen molar-refractivity contribution in [3.8, 4) is 0 Å². The molecule has 19 heavy (non-hydrogen) atoms. The Balaban J connectivity index is 1.67. The van der Waals surface area contributed by atoms with E-state index in [1.807, 2.05) is 42.5 Å². The first-order valence-corrected chi connectivity index (χ1v) is 6.67. The Morgan fingerprint density at radius 1 is 1.11 bits per heavy atom. The molecule has 3 rings (SSSR count). The van der Waals surface area contributed by atoms with Gasteiger partial charge < -0.3 is 5.73 Å². The largest absolute Gasteiger partial charge is 0.318 e. The summed E-state index contributed by atoms with van der Waals surface area (Å²) in [6.07, 6.45) is 1.55. The highest BCUT2D eigenvalue weighted by molar-refractivity contribution is 5.86. The number of carbonyl (C=O) groups excluding carboxylic acids is 1. The summed E-state index contributed by atoms with van der Waals surface area (Å²) in [7, 11) is 0. The molecule has 1 unspecified atom stereocenters. The second-order valence-electron chi connectivity index (χ2n) is 5.16. The highest BCUT2D eigenvalue weighted by Gasteiger charge is 2.29. The minimum Gasteiger partial charge on any atom is -0.318 e. The number of ketones is 1. The zero-order valence-corrected chi connectivity index (χ0v) is 10.8. The van der Waals surface area contributed by atoms with E-state index in [1.54, 1.807) is 0 Å². The second-order valence-corrected chi connectivity index (χ2v) is 5.16. The van der Waals surface area contributed by atoms with Gasteiger partial charge in [0.15, 0.2) is 5.78 Å². The van der Waals surface area contributed by atoms with Crippen molar-refractivity contribution in [2.45, 2.75) is 24.8 Å². The lowest BCUT2D eigenvalue weighted by atomic mass is 9.74. The summed E-state index contributed by atoms with van der Waals surface area (Å²) in [5, 5.41) is 0. The van der Waals surface area contributed by atoms with E-state index in [-0.39, 0.29) is 5.78 Å². The van der Waals surface area contributed by atoms with Gasteiger partial charge >= 0.3 is 0 Å². The van der Waals surface area contributed by atoms with Gasteiger partial charge in [0.05, 0.1) is 6.04 Å². The van der Waals surface area contributed by atoms with E-state index in [9.17, 15) is 4.79 Å². The van der Waals surface area contributed by atoms with E-state index < -0.39 is 6.04 Å². The highest BCUT2D eigenvalue weighted by Crippen LogP contribution is 2.38. The molecule has 1 aliphatic rings. The van der Waals surface area contributed by atoms with Crippen LogP contribution in [0.25, 0.3) is 0 Å². The standard InChI is InChI=1S/C17H17NO/c18-17(12-6-2-1-3-7-12)16(19)11-14-10-13-8-4-5-9-15(13)14/h1-9,14,17H,10-11,18H2/t14?,17-/m1/s1. The van der Waals surface area contributed by atoms with Crippen LogP contribution in [0.15, 0.2) is 54.6 Å². The Morgan fingerprint density at radius 2 is 1.79 bits per heavy atom. The lowest BCUT2D eigenvalue weighted by Gasteiger charge is -2.30. The third kappa shape index (κ3) is 2.32. The minimum absolute atomic E-state index is 0.130. The molecule has 2 nitrogen and oxygen atoms in total. The Kier molecular flexibility index (Phi) is 3.18. The van der Waals surface area contributed by atoms with Gasteiger partial charge in [0, 0.05) is 6.42 Å². The van der Waals surface area contributed by atoms with Gasteiger partial charge in [0.25, 0.3) is 0 Å². The fourth-order valence-corrected chi connectivity index (χ4v) is 2.76. The van der Waals surface area contributed by atoms with Crippen LogP contribution in [-0.2, 0) is 11.2 Å². The lowest BCUT2D eigenvalue weighted by molar-refractivity contribution is -0.120. The molecular weight excluding hydrogens is 234 g/mol. The molecule has 0 aliphatic heterocycles. The van der Waals surface area contributed by atoms with E-state index >= 15 is 0 Å². The number of benzene rings is 2. The molecular formula is C17H17NO. The first kappa shape index (κ1) is 12.1. The molecule has 0 saturated heterocycles. The normalized spacial score (nSPS) is 18.3. The van der Waals surface area contributed by atoms with Crippen LogP contribution in [0, 0.1) is 0 Å². The number of fused-ring (bicyclic) bond motifs is 1. The van der Waals surface area contributed by atoms with Gasteiger partial charge in [-0.2, -0.15) is 0 Å². The fourth-order valence-electron chi connectivity index (χ4n) is 2.76. The molecule has 1 aliphatic carbocycles. The molecule has 0 fully saturated rings. The van der Waals surface area contributed by atoms with E-state index in [2.05, 4.69) is 12.1 Å². The van der Waals surface area contributed by atoms with Crippen molar-refractivity contribution in [1.82, 2.24) is 0 Å². The minimum atomic E-state index is -0.492. The van der Waals surface area contributed by atoms with Crippen LogP contribution in [0.5, 0.6) is 0 Å². The first-order chi connectivity index (χ1) is 9.25. The molecule has 0 heterocycles. The van der Waals surface area contributed by atoms with Crippen LogP contribution in [0.2, 0.25) is 0 Å². The number of Topliss-reactive ketones (excluding diaryl/α,β-unsaturated/α-hetero) is 1. The maximum absolute atomic E-state index is 12.2. The average Bonchev–Trinajstić information content (AvgIpc) is 2.44. The van der Waals surface area contributed by atoms with Gasteiger partial charge in [0.1, 0.15) is 0 Å². The molecule has 2 aromatic carbocycles. The Hall–Kier alpha value is -1.93. The predicted octanol–water partition coefficient (Wildman–Crippen LogP) is 2.99. The summed E-state index contributed by atoms with van der Waals surface area (Å²) in [6, 6.07) is 17.4. The van der Waals surface area contributed by atoms with Gasteiger partial charge in [-0.15, -0.1) is 0 Å². The lowest BCUT2D eigenvalue weighted by Crippen LogP contribution is -2.27. The summed E-state index contributed by atoms with van der Waals surface area (Å²) in [6.45, 7) is 0. The topological polar surface area (TPSA) is 43.1 Å². The third-order valence-electron chi connectivity index (χ3n) is 3.91. The van der Waals surface area contributed by atoms with Crippen molar-refractivity contribution < 1.29 is 4.79 Å². The molecule has 0 aromatic heterocycles. The van der Waals surface area contributed by atoms with Crippen LogP contribution >= 0.6 is 0 Å². The SMILES string of the molecule is N[C@@H](C(=O)CC1Cc2ccccc21)c1ccccc1. The average molecular weight is 251 g/mol. The third-order valence-corrected chi connectivity index (χ3v) is 3.91. The molecule has 0 saturated carbocycles. The zero-order valence-electron chi connectivity index (χ0n) is 10.8. The molecule has 96 valence electrons. The van der Waals surface area contributed by atoms with Crippen molar-refractivity contribution in [2.75, 3.05) is 0 Å². The zero-order chi connectivity index (χ0) is 13.2. The number of hydrogen-bond donors (Lipinski definition) is 1. The van der Waals surface area contributed by atoms with E-state index in [0.29, 0.717) is 12.3 Å². The van der Waals surface area contributed by atoms with Crippen LogP contribution in [0.1, 0.15) is 35.1 Å². The summed E-state index contributed by atoms with van der Waals surface area (Å²) < 4.78 is 0. The van der Waals surface area contributed by atoms with Gasteiger partial charge in [-0.25, -0.2) is 0 Å². The molecule has 2 aromatic rings. The molecule has 0 radical (unpaired) electrons. The molecule has 2 N–H and O–H groups in total. The van der Waals surface area contributed by atoms with E-state index in [0.717, 1.165) is 12.0 Å². The number of hydrogen-bond acceptors (Lipinski definition) is 2. The number of nitrogens with two attached hydrogens (primary N) is 1. The number of rotatable bonds is 4. The van der Waals surface area contributed by atoms with Crippen molar-refractivity contribution in [2.24, 2.45) is 5.73 Å². The first-order valence-electron chi connectivity index (χ1n) is 6.67. The van der Waals surface area contributed by atoms with Gasteiger partial charge in [-0.3, -0.25) is 4.79 Å². The maximum atomic E-state index is 12.2. The van der Waals surface area contributed by atoms with E-state index in [1.165, 1.54) is 11.1 Å².